The van der Waals surface area contributed by atoms with Crippen LogP contribution < -0.4 is 0 Å². The van der Waals surface area contributed by atoms with Crippen LogP contribution >= 0.6 is 0 Å². The third kappa shape index (κ3) is 4.96. The predicted octanol–water partition coefficient (Wildman–Crippen LogP) is 4.07. The molecule has 0 unspecified atom stereocenters. The Hall–Kier alpha value is -2.46. The van der Waals surface area contributed by atoms with E-state index in [1.54, 1.807) is 34.8 Å². The molecule has 1 N–H and O–H groups in total. The van der Waals surface area contributed by atoms with Crippen molar-refractivity contribution < 1.29 is 43.2 Å². The predicted molar refractivity (Wildman–Crippen MR) is 153 cm³/mol. The Morgan fingerprint density at radius 1 is 1.17 bits per heavy atom. The SMILES string of the molecule is C=C1C(=O)[C@]23[C@H](OC(=O)[C@H](C)N(C)C(=O)OC(C)(C)C)[C@H]1C[C@H](O)[C@H]2[C@]1(COC(C)=O)CCCC(C)(C)[C@H]1C[C@H]3OC. The third-order valence-corrected chi connectivity index (χ3v) is 10.7. The smallest absolute Gasteiger partial charge is 0.410 e. The molecule has 2 bridgehead atoms. The number of aliphatic hydroxyl groups excluding tert-OH is 1. The number of ketones is 1. The van der Waals surface area contributed by atoms with E-state index in [1.165, 1.54) is 18.9 Å². The molecule has 236 valence electrons. The number of likely N-dealkylation sites (N-methyl/N-ethyl adjacent to an activating group) is 1. The van der Waals surface area contributed by atoms with Gasteiger partial charge in [-0.15, -0.1) is 0 Å². The first kappa shape index (κ1) is 32.5. The summed E-state index contributed by atoms with van der Waals surface area (Å²) in [6.45, 7) is 16.7. The standard InChI is InChI=1S/C32H49NO9/c1-17-20-14-21(35)24-31(16-40-19(3)34)13-11-12-30(7,8)22(31)15-23(39-10)32(24,25(17)36)26(20)41-27(37)18(2)33(9)28(38)42-29(4,5)6/h18,20-24,26,35H,1,11-16H2,2-10H3/t18-,20-,21-,22+,23+,24-,26+,31-,32+/m0/s1. The minimum absolute atomic E-state index is 0.0277. The summed E-state index contributed by atoms with van der Waals surface area (Å²) in [5.74, 6) is -2.72. The van der Waals surface area contributed by atoms with Crippen molar-refractivity contribution in [3.8, 4) is 0 Å². The van der Waals surface area contributed by atoms with Crippen LogP contribution in [0.1, 0.15) is 80.6 Å². The number of esters is 2. The van der Waals surface area contributed by atoms with Crippen molar-refractivity contribution in [1.82, 2.24) is 4.90 Å². The number of carbonyl (C=O) groups excluding carboxylic acids is 4. The number of fused-ring (bicyclic) bond motifs is 3. The molecule has 0 saturated heterocycles. The van der Waals surface area contributed by atoms with Crippen molar-refractivity contribution in [3.05, 3.63) is 12.2 Å². The minimum Gasteiger partial charge on any atom is -0.465 e. The monoisotopic (exact) mass is 591 g/mol. The van der Waals surface area contributed by atoms with E-state index in [0.717, 1.165) is 12.8 Å². The maximum absolute atomic E-state index is 14.5. The van der Waals surface area contributed by atoms with Crippen molar-refractivity contribution in [3.63, 3.8) is 0 Å². The van der Waals surface area contributed by atoms with E-state index in [4.69, 9.17) is 18.9 Å². The molecule has 10 heteroatoms. The van der Waals surface area contributed by atoms with Crippen LogP contribution in [0.2, 0.25) is 0 Å². The molecule has 1 amide bonds. The Kier molecular flexibility index (Phi) is 8.43. The molecule has 10 nitrogen and oxygen atoms in total. The van der Waals surface area contributed by atoms with E-state index in [-0.39, 0.29) is 30.1 Å². The van der Waals surface area contributed by atoms with Gasteiger partial charge < -0.3 is 24.1 Å². The van der Waals surface area contributed by atoms with Crippen molar-refractivity contribution in [2.45, 2.75) is 111 Å². The molecule has 0 aromatic rings. The van der Waals surface area contributed by atoms with Gasteiger partial charge in [0.15, 0.2) is 5.78 Å². The number of rotatable bonds is 6. The summed E-state index contributed by atoms with van der Waals surface area (Å²) in [6.07, 6.45) is -0.154. The number of methoxy groups -OCH3 is 1. The molecular weight excluding hydrogens is 542 g/mol. The number of hydrogen-bond acceptors (Lipinski definition) is 9. The van der Waals surface area contributed by atoms with Crippen LogP contribution in [0.5, 0.6) is 0 Å². The topological polar surface area (TPSA) is 129 Å². The van der Waals surface area contributed by atoms with Gasteiger partial charge in [0.25, 0.3) is 0 Å². The maximum atomic E-state index is 14.5. The van der Waals surface area contributed by atoms with Crippen LogP contribution in [0.15, 0.2) is 12.2 Å². The summed E-state index contributed by atoms with van der Waals surface area (Å²) in [5.41, 5.74) is -2.78. The first-order valence-electron chi connectivity index (χ1n) is 15.1. The fourth-order valence-corrected chi connectivity index (χ4v) is 8.96. The second kappa shape index (κ2) is 10.9. The molecule has 9 atom stereocenters. The van der Waals surface area contributed by atoms with Gasteiger partial charge in [-0.2, -0.15) is 0 Å². The third-order valence-electron chi connectivity index (χ3n) is 10.7. The first-order valence-corrected chi connectivity index (χ1v) is 15.1. The molecule has 42 heavy (non-hydrogen) atoms. The number of ether oxygens (including phenoxy) is 4. The van der Waals surface area contributed by atoms with E-state index >= 15 is 0 Å². The average molecular weight is 592 g/mol. The highest BCUT2D eigenvalue weighted by molar-refractivity contribution is 6.05. The fraction of sp³-hybridized carbons (Fsp3) is 0.812. The number of Topliss-reactive ketones (excluding diaryl/α,β-unsaturated/α-hetero) is 1. The van der Waals surface area contributed by atoms with E-state index < -0.39 is 70.7 Å². The lowest BCUT2D eigenvalue weighted by Gasteiger charge is -2.67. The highest BCUT2D eigenvalue weighted by Gasteiger charge is 2.78. The minimum atomic E-state index is -1.42. The number of nitrogens with zero attached hydrogens (tertiary/aromatic N) is 1. The van der Waals surface area contributed by atoms with Crippen LogP contribution in [0.25, 0.3) is 0 Å². The Morgan fingerprint density at radius 3 is 2.38 bits per heavy atom. The Balaban J connectivity index is 1.80. The summed E-state index contributed by atoms with van der Waals surface area (Å²) >= 11 is 0. The van der Waals surface area contributed by atoms with E-state index in [0.29, 0.717) is 18.4 Å². The summed E-state index contributed by atoms with van der Waals surface area (Å²) < 4.78 is 23.5. The summed E-state index contributed by atoms with van der Waals surface area (Å²) in [4.78, 5) is 54.2. The summed E-state index contributed by atoms with van der Waals surface area (Å²) in [5, 5.41) is 11.9. The first-order chi connectivity index (χ1) is 19.3. The molecule has 4 aliphatic rings. The highest BCUT2D eigenvalue weighted by atomic mass is 16.6. The molecule has 0 aromatic carbocycles. The van der Waals surface area contributed by atoms with Gasteiger partial charge in [-0.1, -0.05) is 26.8 Å². The second-order valence-corrected chi connectivity index (χ2v) is 14.7. The van der Waals surface area contributed by atoms with Crippen LogP contribution in [0, 0.1) is 34.0 Å². The number of carbonyl (C=O) groups is 4. The van der Waals surface area contributed by atoms with Crippen LogP contribution in [-0.4, -0.2) is 84.5 Å². The van der Waals surface area contributed by atoms with Gasteiger partial charge in [0.1, 0.15) is 23.2 Å². The molecule has 4 saturated carbocycles. The normalized spacial score (nSPS) is 37.7. The number of hydrogen-bond donors (Lipinski definition) is 1. The van der Waals surface area contributed by atoms with Gasteiger partial charge in [-0.25, -0.2) is 9.59 Å². The fourth-order valence-electron chi connectivity index (χ4n) is 8.96. The molecule has 0 aromatic heterocycles. The van der Waals surface area contributed by atoms with E-state index in [1.807, 2.05) is 0 Å². The molecular formula is C32H49NO9. The Morgan fingerprint density at radius 2 is 1.81 bits per heavy atom. The van der Waals surface area contributed by atoms with Crippen molar-refractivity contribution in [2.24, 2.45) is 34.0 Å². The van der Waals surface area contributed by atoms with E-state index in [2.05, 4.69) is 20.4 Å². The molecule has 4 aliphatic carbocycles. The molecule has 1 spiro atoms. The second-order valence-electron chi connectivity index (χ2n) is 14.7. The molecule has 0 aliphatic heterocycles. The summed E-state index contributed by atoms with van der Waals surface area (Å²) in [6, 6.07) is -1.01. The van der Waals surface area contributed by atoms with Crippen LogP contribution in [0.4, 0.5) is 4.79 Å². The highest BCUT2D eigenvalue weighted by Crippen LogP contribution is 2.72. The lowest BCUT2D eigenvalue weighted by Crippen LogP contribution is -2.72. The van der Waals surface area contributed by atoms with Crippen LogP contribution in [0.3, 0.4) is 0 Å². The zero-order valence-corrected chi connectivity index (χ0v) is 26.7. The van der Waals surface area contributed by atoms with Crippen molar-refractivity contribution >= 4 is 23.8 Å². The average Bonchev–Trinajstić information content (AvgIpc) is 3.01. The molecule has 0 radical (unpaired) electrons. The molecule has 0 heterocycles. The van der Waals surface area contributed by atoms with Gasteiger partial charge in [0.05, 0.1) is 18.8 Å². The zero-order valence-electron chi connectivity index (χ0n) is 26.7. The maximum Gasteiger partial charge on any atom is 0.410 e. The van der Waals surface area contributed by atoms with Gasteiger partial charge in [-0.3, -0.25) is 14.5 Å². The molecule has 4 rings (SSSR count). The van der Waals surface area contributed by atoms with Gasteiger partial charge in [0.2, 0.25) is 0 Å². The Labute approximate surface area is 249 Å². The van der Waals surface area contributed by atoms with Gasteiger partial charge in [0, 0.05) is 38.3 Å². The largest absolute Gasteiger partial charge is 0.465 e. The summed E-state index contributed by atoms with van der Waals surface area (Å²) in [7, 11) is 3.01. The van der Waals surface area contributed by atoms with Crippen molar-refractivity contribution in [1.29, 1.82) is 0 Å². The lowest BCUT2D eigenvalue weighted by molar-refractivity contribution is -0.272. The lowest BCUT2D eigenvalue weighted by atomic mass is 9.39. The van der Waals surface area contributed by atoms with Gasteiger partial charge in [-0.05, 0) is 70.3 Å². The van der Waals surface area contributed by atoms with Crippen LogP contribution in [-0.2, 0) is 33.3 Å². The quantitative estimate of drug-likeness (QED) is 0.276. The number of amides is 1. The Bertz CT molecular complexity index is 1140. The van der Waals surface area contributed by atoms with Gasteiger partial charge >= 0.3 is 18.0 Å². The number of aliphatic hydroxyl groups is 1. The van der Waals surface area contributed by atoms with Crippen molar-refractivity contribution in [2.75, 3.05) is 20.8 Å². The zero-order chi connectivity index (χ0) is 31.6. The van der Waals surface area contributed by atoms with E-state index in [9.17, 15) is 24.3 Å². The molecule has 4 fully saturated rings.